The molecule has 1 atom stereocenters. The summed E-state index contributed by atoms with van der Waals surface area (Å²) in [7, 11) is 0. The zero-order valence-corrected chi connectivity index (χ0v) is 21.2. The van der Waals surface area contributed by atoms with Crippen molar-refractivity contribution < 1.29 is 9.53 Å². The smallest absolute Gasteiger partial charge is 0.308 e. The zero-order chi connectivity index (χ0) is 22.0. The molecule has 0 radical (unpaired) electrons. The fourth-order valence-corrected chi connectivity index (χ4v) is 4.54. The number of hydrogen-bond acceptors (Lipinski definition) is 5. The second-order valence-corrected chi connectivity index (χ2v) is 9.33. The van der Waals surface area contributed by atoms with Crippen molar-refractivity contribution in [2.45, 2.75) is 33.1 Å². The number of aromatic nitrogens is 2. The number of halogens is 3. The molecule has 156 valence electrons. The van der Waals surface area contributed by atoms with Crippen LogP contribution in [0.15, 0.2) is 53.6 Å². The maximum Gasteiger partial charge on any atom is 0.308 e. The standard InChI is InChI=1S/C21H18Br3N3O3/c1-4-11(2)20-26-18-6-5-14(22)9-15(18)21(29)27(20)25-10-13-7-16(23)19(17(24)8-13)30-12(3)28/h5-11H,4H2,1-3H3/t11-/m1/s1. The van der Waals surface area contributed by atoms with Gasteiger partial charge in [0.15, 0.2) is 5.75 Å². The average molecular weight is 600 g/mol. The van der Waals surface area contributed by atoms with Crippen LogP contribution in [0.2, 0.25) is 0 Å². The fraction of sp³-hybridized carbons (Fsp3) is 0.238. The molecule has 0 saturated carbocycles. The summed E-state index contributed by atoms with van der Waals surface area (Å²) in [6.45, 7) is 5.39. The van der Waals surface area contributed by atoms with E-state index in [1.807, 2.05) is 26.0 Å². The van der Waals surface area contributed by atoms with Gasteiger partial charge in [0.05, 0.1) is 26.1 Å². The molecule has 0 N–H and O–H groups in total. The lowest BCUT2D eigenvalue weighted by Crippen LogP contribution is -2.23. The highest BCUT2D eigenvalue weighted by atomic mass is 79.9. The highest BCUT2D eigenvalue weighted by molar-refractivity contribution is 9.11. The molecule has 0 amide bonds. The molecule has 6 nitrogen and oxygen atoms in total. The number of nitrogens with zero attached hydrogens (tertiary/aromatic N) is 3. The minimum atomic E-state index is -0.420. The Morgan fingerprint density at radius 1 is 1.23 bits per heavy atom. The lowest BCUT2D eigenvalue weighted by Gasteiger charge is -2.14. The van der Waals surface area contributed by atoms with Gasteiger partial charge in [-0.25, -0.2) is 4.98 Å². The van der Waals surface area contributed by atoms with Gasteiger partial charge in [-0.05, 0) is 74.2 Å². The molecule has 0 aliphatic heterocycles. The van der Waals surface area contributed by atoms with Crippen molar-refractivity contribution in [2.75, 3.05) is 0 Å². The molecule has 30 heavy (non-hydrogen) atoms. The summed E-state index contributed by atoms with van der Waals surface area (Å²) < 4.78 is 8.52. The van der Waals surface area contributed by atoms with Crippen molar-refractivity contribution in [3.8, 4) is 5.75 Å². The number of fused-ring (bicyclic) bond motifs is 1. The SMILES string of the molecule is CC[C@@H](C)c1nc2ccc(Br)cc2c(=O)n1N=Cc1cc(Br)c(OC(C)=O)c(Br)c1. The Morgan fingerprint density at radius 2 is 1.90 bits per heavy atom. The lowest BCUT2D eigenvalue weighted by molar-refractivity contribution is -0.131. The highest BCUT2D eigenvalue weighted by Gasteiger charge is 2.16. The van der Waals surface area contributed by atoms with Crippen molar-refractivity contribution in [3.05, 3.63) is 65.5 Å². The van der Waals surface area contributed by atoms with E-state index < -0.39 is 5.97 Å². The van der Waals surface area contributed by atoms with Crippen LogP contribution in [0.3, 0.4) is 0 Å². The van der Waals surface area contributed by atoms with E-state index in [1.54, 1.807) is 24.4 Å². The summed E-state index contributed by atoms with van der Waals surface area (Å²) in [4.78, 5) is 29.1. The molecule has 0 unspecified atom stereocenters. The number of carbonyl (C=O) groups excluding carboxylic acids is 1. The Labute approximate surface area is 198 Å². The average Bonchev–Trinajstić information content (AvgIpc) is 2.69. The van der Waals surface area contributed by atoms with Crippen molar-refractivity contribution in [2.24, 2.45) is 5.10 Å². The number of carbonyl (C=O) groups is 1. The molecule has 0 aliphatic carbocycles. The highest BCUT2D eigenvalue weighted by Crippen LogP contribution is 2.34. The summed E-state index contributed by atoms with van der Waals surface area (Å²) in [6.07, 6.45) is 2.39. The fourth-order valence-electron chi connectivity index (χ4n) is 2.80. The van der Waals surface area contributed by atoms with Gasteiger partial charge in [-0.15, -0.1) is 0 Å². The van der Waals surface area contributed by atoms with E-state index >= 15 is 0 Å². The molecule has 3 rings (SSSR count). The molecule has 0 fully saturated rings. The van der Waals surface area contributed by atoms with Crippen LogP contribution >= 0.6 is 47.8 Å². The zero-order valence-electron chi connectivity index (χ0n) is 16.4. The molecular weight excluding hydrogens is 582 g/mol. The van der Waals surface area contributed by atoms with E-state index in [0.717, 1.165) is 10.9 Å². The Bertz CT molecular complexity index is 1200. The Kier molecular flexibility index (Phi) is 7.26. The van der Waals surface area contributed by atoms with E-state index in [1.165, 1.54) is 11.6 Å². The van der Waals surface area contributed by atoms with Crippen LogP contribution in [0.1, 0.15) is 44.5 Å². The first-order chi connectivity index (χ1) is 14.2. The molecule has 1 heterocycles. The molecule has 0 bridgehead atoms. The van der Waals surface area contributed by atoms with Crippen LogP contribution in [-0.2, 0) is 4.79 Å². The second-order valence-electron chi connectivity index (χ2n) is 6.71. The summed E-state index contributed by atoms with van der Waals surface area (Å²) >= 11 is 10.2. The van der Waals surface area contributed by atoms with Crippen LogP contribution in [-0.4, -0.2) is 21.8 Å². The van der Waals surface area contributed by atoms with Crippen molar-refractivity contribution in [1.29, 1.82) is 0 Å². The molecule has 3 aromatic rings. The third-order valence-corrected chi connectivity index (χ3v) is 6.15. The van der Waals surface area contributed by atoms with Crippen LogP contribution in [0, 0.1) is 0 Å². The Morgan fingerprint density at radius 3 is 2.50 bits per heavy atom. The predicted molar refractivity (Wildman–Crippen MR) is 129 cm³/mol. The molecule has 0 saturated heterocycles. The first-order valence-electron chi connectivity index (χ1n) is 9.15. The number of hydrogen-bond donors (Lipinski definition) is 0. The van der Waals surface area contributed by atoms with E-state index in [9.17, 15) is 9.59 Å². The monoisotopic (exact) mass is 597 g/mol. The van der Waals surface area contributed by atoms with Crippen molar-refractivity contribution in [3.63, 3.8) is 0 Å². The number of esters is 1. The third kappa shape index (κ3) is 4.90. The van der Waals surface area contributed by atoms with Crippen LogP contribution in [0.5, 0.6) is 5.75 Å². The lowest BCUT2D eigenvalue weighted by atomic mass is 10.1. The van der Waals surface area contributed by atoms with Crippen LogP contribution in [0.25, 0.3) is 10.9 Å². The number of rotatable bonds is 5. The van der Waals surface area contributed by atoms with E-state index in [0.29, 0.717) is 37.0 Å². The second kappa shape index (κ2) is 9.53. The van der Waals surface area contributed by atoms with Gasteiger partial charge in [-0.3, -0.25) is 9.59 Å². The molecule has 0 spiro atoms. The summed E-state index contributed by atoms with van der Waals surface area (Å²) in [5.41, 5.74) is 1.12. The van der Waals surface area contributed by atoms with Crippen LogP contribution in [0.4, 0.5) is 0 Å². The van der Waals surface area contributed by atoms with Gasteiger partial charge in [0.25, 0.3) is 5.56 Å². The van der Waals surface area contributed by atoms with E-state index in [-0.39, 0.29) is 11.5 Å². The van der Waals surface area contributed by atoms with Gasteiger partial charge >= 0.3 is 5.97 Å². The van der Waals surface area contributed by atoms with Gasteiger partial charge in [-0.2, -0.15) is 9.78 Å². The molecular formula is C21H18Br3N3O3. The Balaban J connectivity index is 2.12. The minimum Gasteiger partial charge on any atom is -0.424 e. The molecule has 9 heteroatoms. The first kappa shape index (κ1) is 22.8. The first-order valence-corrected chi connectivity index (χ1v) is 11.5. The number of benzene rings is 2. The Hall–Kier alpha value is -1.84. The molecule has 1 aromatic heterocycles. The van der Waals surface area contributed by atoms with Gasteiger partial charge in [-0.1, -0.05) is 29.8 Å². The van der Waals surface area contributed by atoms with Crippen molar-refractivity contribution >= 4 is 70.9 Å². The predicted octanol–water partition coefficient (Wildman–Crippen LogP) is 6.01. The van der Waals surface area contributed by atoms with E-state index in [4.69, 9.17) is 9.72 Å². The van der Waals surface area contributed by atoms with Crippen molar-refractivity contribution in [1.82, 2.24) is 9.66 Å². The summed E-state index contributed by atoms with van der Waals surface area (Å²) in [6, 6.07) is 8.94. The van der Waals surface area contributed by atoms with Gasteiger partial charge in [0.2, 0.25) is 0 Å². The summed E-state index contributed by atoms with van der Waals surface area (Å²) in [5.74, 6) is 0.612. The topological polar surface area (TPSA) is 73.6 Å². The number of ether oxygens (including phenoxy) is 1. The van der Waals surface area contributed by atoms with Gasteiger partial charge in [0.1, 0.15) is 5.82 Å². The normalized spacial score (nSPS) is 12.5. The minimum absolute atomic E-state index is 0.0488. The molecule has 0 aliphatic rings. The third-order valence-electron chi connectivity index (χ3n) is 4.48. The maximum atomic E-state index is 13.2. The van der Waals surface area contributed by atoms with E-state index in [2.05, 4.69) is 52.9 Å². The maximum absolute atomic E-state index is 13.2. The van der Waals surface area contributed by atoms with Gasteiger partial charge < -0.3 is 4.74 Å². The largest absolute Gasteiger partial charge is 0.424 e. The van der Waals surface area contributed by atoms with Gasteiger partial charge in [0, 0.05) is 17.3 Å². The van der Waals surface area contributed by atoms with Crippen LogP contribution < -0.4 is 10.3 Å². The quantitative estimate of drug-likeness (QED) is 0.205. The molecule has 2 aromatic carbocycles. The summed E-state index contributed by atoms with van der Waals surface area (Å²) in [5, 5.41) is 4.94.